The van der Waals surface area contributed by atoms with Crippen LogP contribution in [0.5, 0.6) is 0 Å². The number of sulfonamides is 1. The Balaban J connectivity index is 2.28. The SMILES string of the molecule is Cc1ccc(NS(=O)(=O)c2ccc(CN)s2)cc1Br. The van der Waals surface area contributed by atoms with Crippen molar-refractivity contribution in [3.05, 3.63) is 45.2 Å². The Morgan fingerprint density at radius 1 is 1.32 bits per heavy atom. The monoisotopic (exact) mass is 360 g/mol. The number of benzene rings is 1. The fraction of sp³-hybridized carbons (Fsp3) is 0.167. The molecule has 3 N–H and O–H groups in total. The molecule has 0 saturated carbocycles. The van der Waals surface area contributed by atoms with E-state index < -0.39 is 10.0 Å². The van der Waals surface area contributed by atoms with Gasteiger partial charge in [-0.1, -0.05) is 22.0 Å². The van der Waals surface area contributed by atoms with Gasteiger partial charge in [0.1, 0.15) is 4.21 Å². The van der Waals surface area contributed by atoms with E-state index in [9.17, 15) is 8.42 Å². The van der Waals surface area contributed by atoms with E-state index in [-0.39, 0.29) is 4.21 Å². The van der Waals surface area contributed by atoms with Gasteiger partial charge in [-0.25, -0.2) is 8.42 Å². The average Bonchev–Trinajstić information content (AvgIpc) is 2.83. The number of anilines is 1. The molecular weight excluding hydrogens is 348 g/mol. The van der Waals surface area contributed by atoms with Gasteiger partial charge in [0.05, 0.1) is 0 Å². The maximum absolute atomic E-state index is 12.2. The van der Waals surface area contributed by atoms with Crippen LogP contribution in [0, 0.1) is 6.92 Å². The molecule has 0 aliphatic carbocycles. The molecule has 2 rings (SSSR count). The van der Waals surface area contributed by atoms with E-state index in [0.29, 0.717) is 12.2 Å². The van der Waals surface area contributed by atoms with Crippen molar-refractivity contribution in [3.63, 3.8) is 0 Å². The molecule has 102 valence electrons. The minimum atomic E-state index is -3.54. The Kier molecular flexibility index (Phi) is 4.29. The minimum Gasteiger partial charge on any atom is -0.326 e. The highest BCUT2D eigenvalue weighted by Crippen LogP contribution is 2.26. The van der Waals surface area contributed by atoms with Crippen LogP contribution in [-0.4, -0.2) is 8.42 Å². The zero-order valence-electron chi connectivity index (χ0n) is 10.2. The number of hydrogen-bond acceptors (Lipinski definition) is 4. The van der Waals surface area contributed by atoms with Gasteiger partial charge in [-0.2, -0.15) is 0 Å². The topological polar surface area (TPSA) is 72.2 Å². The molecule has 19 heavy (non-hydrogen) atoms. The molecule has 0 radical (unpaired) electrons. The molecule has 0 saturated heterocycles. The molecule has 2 aromatic rings. The van der Waals surface area contributed by atoms with Crippen LogP contribution in [0.1, 0.15) is 10.4 Å². The van der Waals surface area contributed by atoms with Crippen molar-refractivity contribution in [2.24, 2.45) is 5.73 Å². The second-order valence-electron chi connectivity index (χ2n) is 3.99. The minimum absolute atomic E-state index is 0.268. The zero-order valence-corrected chi connectivity index (χ0v) is 13.4. The number of halogens is 1. The highest BCUT2D eigenvalue weighted by Gasteiger charge is 2.16. The first-order valence-corrected chi connectivity index (χ1v) is 8.59. The second-order valence-corrected chi connectivity index (χ2v) is 7.93. The third kappa shape index (κ3) is 3.36. The molecule has 0 atom stereocenters. The first-order valence-electron chi connectivity index (χ1n) is 5.50. The van der Waals surface area contributed by atoms with Crippen LogP contribution in [0.25, 0.3) is 0 Å². The smallest absolute Gasteiger partial charge is 0.271 e. The molecule has 0 unspecified atom stereocenters. The van der Waals surface area contributed by atoms with Crippen LogP contribution in [0.15, 0.2) is 39.0 Å². The van der Waals surface area contributed by atoms with Crippen LogP contribution >= 0.6 is 27.3 Å². The molecule has 0 bridgehead atoms. The third-order valence-electron chi connectivity index (χ3n) is 2.53. The number of thiophene rings is 1. The van der Waals surface area contributed by atoms with Gasteiger partial charge >= 0.3 is 0 Å². The lowest BCUT2D eigenvalue weighted by Crippen LogP contribution is -2.11. The van der Waals surface area contributed by atoms with Gasteiger partial charge < -0.3 is 5.73 Å². The third-order valence-corrected chi connectivity index (χ3v) is 6.36. The molecule has 7 heteroatoms. The van der Waals surface area contributed by atoms with Gasteiger partial charge in [-0.15, -0.1) is 11.3 Å². The molecule has 0 fully saturated rings. The van der Waals surface area contributed by atoms with Gasteiger partial charge in [0, 0.05) is 21.6 Å². The van der Waals surface area contributed by atoms with E-state index in [1.165, 1.54) is 11.3 Å². The van der Waals surface area contributed by atoms with Crippen LogP contribution < -0.4 is 10.5 Å². The molecule has 1 aromatic carbocycles. The van der Waals surface area contributed by atoms with Gasteiger partial charge in [-0.05, 0) is 36.8 Å². The highest BCUT2D eigenvalue weighted by atomic mass is 79.9. The summed E-state index contributed by atoms with van der Waals surface area (Å²) >= 11 is 4.56. The maximum Gasteiger partial charge on any atom is 0.271 e. The molecule has 1 aromatic heterocycles. The largest absolute Gasteiger partial charge is 0.326 e. The number of nitrogens with one attached hydrogen (secondary N) is 1. The quantitative estimate of drug-likeness (QED) is 0.879. The van der Waals surface area contributed by atoms with Gasteiger partial charge in [0.15, 0.2) is 0 Å². The molecule has 4 nitrogen and oxygen atoms in total. The summed E-state index contributed by atoms with van der Waals surface area (Å²) < 4.78 is 28.0. The first-order chi connectivity index (χ1) is 8.92. The summed E-state index contributed by atoms with van der Waals surface area (Å²) in [5.74, 6) is 0. The van der Waals surface area contributed by atoms with Crippen molar-refractivity contribution < 1.29 is 8.42 Å². The predicted octanol–water partition coefficient (Wildman–Crippen LogP) is 3.08. The van der Waals surface area contributed by atoms with E-state index in [1.54, 1.807) is 24.3 Å². The van der Waals surface area contributed by atoms with Crippen molar-refractivity contribution >= 4 is 43.0 Å². The zero-order chi connectivity index (χ0) is 14.0. The second kappa shape index (κ2) is 5.62. The predicted molar refractivity (Wildman–Crippen MR) is 81.9 cm³/mol. The molecule has 0 aliphatic rings. The lowest BCUT2D eigenvalue weighted by molar-refractivity contribution is 0.603. The Hall–Kier alpha value is -0.890. The van der Waals surface area contributed by atoms with Crippen molar-refractivity contribution in [1.82, 2.24) is 0 Å². The van der Waals surface area contributed by atoms with Crippen molar-refractivity contribution in [3.8, 4) is 0 Å². The Morgan fingerprint density at radius 3 is 2.63 bits per heavy atom. The summed E-state index contributed by atoms with van der Waals surface area (Å²) in [6.45, 7) is 2.28. The van der Waals surface area contributed by atoms with Gasteiger partial charge in [0.2, 0.25) is 0 Å². The summed E-state index contributed by atoms with van der Waals surface area (Å²) in [4.78, 5) is 0.838. The average molecular weight is 361 g/mol. The summed E-state index contributed by atoms with van der Waals surface area (Å²) in [7, 11) is -3.54. The van der Waals surface area contributed by atoms with Crippen LogP contribution in [0.2, 0.25) is 0 Å². The number of nitrogens with two attached hydrogens (primary N) is 1. The van der Waals surface area contributed by atoms with E-state index >= 15 is 0 Å². The summed E-state index contributed by atoms with van der Waals surface area (Å²) in [5, 5.41) is 0. The molecule has 1 heterocycles. The summed E-state index contributed by atoms with van der Waals surface area (Å²) in [6.07, 6.45) is 0. The maximum atomic E-state index is 12.2. The Morgan fingerprint density at radius 2 is 2.05 bits per heavy atom. The van der Waals surface area contributed by atoms with Crippen molar-refractivity contribution in [2.45, 2.75) is 17.7 Å². The Bertz CT molecular complexity index is 696. The summed E-state index contributed by atoms with van der Waals surface area (Å²) in [6, 6.07) is 8.61. The summed E-state index contributed by atoms with van der Waals surface area (Å²) in [5.41, 5.74) is 7.06. The van der Waals surface area contributed by atoms with E-state index in [0.717, 1.165) is 14.9 Å². The van der Waals surface area contributed by atoms with Crippen molar-refractivity contribution in [1.29, 1.82) is 0 Å². The van der Waals surface area contributed by atoms with Crippen molar-refractivity contribution in [2.75, 3.05) is 4.72 Å². The lowest BCUT2D eigenvalue weighted by atomic mass is 10.2. The molecular formula is C12H13BrN2O2S2. The fourth-order valence-electron chi connectivity index (χ4n) is 1.47. The van der Waals surface area contributed by atoms with Crippen LogP contribution in [0.3, 0.4) is 0 Å². The number of hydrogen-bond donors (Lipinski definition) is 2. The standard InChI is InChI=1S/C12H13BrN2O2S2/c1-8-2-3-9(6-11(8)13)15-19(16,17)12-5-4-10(7-14)18-12/h2-6,15H,7,14H2,1H3. The number of aryl methyl sites for hydroxylation is 1. The normalized spacial score (nSPS) is 11.5. The molecule has 0 aliphatic heterocycles. The van der Waals surface area contributed by atoms with Gasteiger partial charge in [0.25, 0.3) is 10.0 Å². The molecule has 0 spiro atoms. The van der Waals surface area contributed by atoms with E-state index in [1.807, 2.05) is 13.0 Å². The highest BCUT2D eigenvalue weighted by molar-refractivity contribution is 9.10. The van der Waals surface area contributed by atoms with E-state index in [4.69, 9.17) is 5.73 Å². The van der Waals surface area contributed by atoms with E-state index in [2.05, 4.69) is 20.7 Å². The molecule has 0 amide bonds. The van der Waals surface area contributed by atoms with Gasteiger partial charge in [-0.3, -0.25) is 4.72 Å². The fourth-order valence-corrected chi connectivity index (χ4v) is 4.14. The van der Waals surface area contributed by atoms with Crippen LogP contribution in [-0.2, 0) is 16.6 Å². The lowest BCUT2D eigenvalue weighted by Gasteiger charge is -2.07. The van der Waals surface area contributed by atoms with Crippen LogP contribution in [0.4, 0.5) is 5.69 Å². The first kappa shape index (κ1) is 14.5. The number of rotatable bonds is 4. The Labute approximate surface area is 124 Å².